The summed E-state index contributed by atoms with van der Waals surface area (Å²) in [6.07, 6.45) is -5.45. The van der Waals surface area contributed by atoms with Gasteiger partial charge in [-0.3, -0.25) is 0 Å². The lowest BCUT2D eigenvalue weighted by molar-refractivity contribution is -0.274. The smallest absolute Gasteiger partial charge is 0.457 e. The summed E-state index contributed by atoms with van der Waals surface area (Å²) in [7, 11) is -3.80. The lowest BCUT2D eigenvalue weighted by Crippen LogP contribution is -2.45. The fourth-order valence-electron chi connectivity index (χ4n) is 3.03. The van der Waals surface area contributed by atoms with Gasteiger partial charge in [0, 0.05) is 0 Å². The molecule has 0 amide bonds. The molecular weight excluding hydrogens is 455 g/mol. The van der Waals surface area contributed by atoms with Crippen LogP contribution in [0.5, 0.6) is 17.2 Å². The van der Waals surface area contributed by atoms with Crippen molar-refractivity contribution in [3.05, 3.63) is 48.5 Å². The zero-order chi connectivity index (χ0) is 23.6. The number of hydrogen-bond acceptors (Lipinski definition) is 8. The van der Waals surface area contributed by atoms with E-state index in [1.165, 1.54) is 36.4 Å². The molecule has 3 rings (SSSR count). The first-order chi connectivity index (χ1) is 14.9. The lowest BCUT2D eigenvalue weighted by atomic mass is 10.2. The molecule has 32 heavy (non-hydrogen) atoms. The Morgan fingerprint density at radius 1 is 1.09 bits per heavy atom. The molecule has 2 atom stereocenters. The maximum absolute atomic E-state index is 12.7. The Labute approximate surface area is 182 Å². The summed E-state index contributed by atoms with van der Waals surface area (Å²) in [5, 5.41) is 9.42. The van der Waals surface area contributed by atoms with Gasteiger partial charge >= 0.3 is 6.36 Å². The number of rotatable bonds is 8. The first-order valence-corrected chi connectivity index (χ1v) is 11.1. The molecule has 0 saturated carbocycles. The molecule has 12 heteroatoms. The number of nitrogens with one attached hydrogen (secondary N) is 1. The number of halogens is 3. The van der Waals surface area contributed by atoms with Crippen LogP contribution in [0.25, 0.3) is 0 Å². The molecule has 0 radical (unpaired) electrons. The largest absolute Gasteiger partial charge is 0.573 e. The highest BCUT2D eigenvalue weighted by molar-refractivity contribution is 7.91. The summed E-state index contributed by atoms with van der Waals surface area (Å²) in [6.45, 7) is 3.50. The molecule has 1 aliphatic heterocycles. The Bertz CT molecular complexity index is 1010. The van der Waals surface area contributed by atoms with E-state index >= 15 is 0 Å². The van der Waals surface area contributed by atoms with Gasteiger partial charge < -0.3 is 24.2 Å². The average molecular weight is 477 g/mol. The minimum atomic E-state index is -4.79. The first-order valence-electron chi connectivity index (χ1n) is 9.45. The van der Waals surface area contributed by atoms with Crippen LogP contribution in [-0.2, 0) is 19.3 Å². The molecule has 0 aliphatic carbocycles. The SMILES string of the molecule is CC1(C)OC[C@@H]([C@H](CS(=O)(=O)c2ccc(Oc3ccc(OC(F)(F)F)cc3)cc2)NO)O1. The second-order valence-electron chi connectivity index (χ2n) is 7.48. The number of hydroxylamine groups is 1. The van der Waals surface area contributed by atoms with Crippen molar-refractivity contribution in [1.82, 2.24) is 5.48 Å². The number of benzene rings is 2. The van der Waals surface area contributed by atoms with Crippen molar-refractivity contribution in [1.29, 1.82) is 0 Å². The van der Waals surface area contributed by atoms with Crippen LogP contribution in [0.1, 0.15) is 13.8 Å². The van der Waals surface area contributed by atoms with Crippen molar-refractivity contribution in [2.24, 2.45) is 0 Å². The van der Waals surface area contributed by atoms with Crippen molar-refractivity contribution in [3.63, 3.8) is 0 Å². The van der Waals surface area contributed by atoms with Crippen LogP contribution in [0.15, 0.2) is 53.4 Å². The second-order valence-corrected chi connectivity index (χ2v) is 9.51. The van der Waals surface area contributed by atoms with Gasteiger partial charge in [-0.1, -0.05) is 0 Å². The molecular formula is C20H22F3NO7S. The van der Waals surface area contributed by atoms with Gasteiger partial charge in [-0.25, -0.2) is 8.42 Å². The zero-order valence-corrected chi connectivity index (χ0v) is 17.9. The van der Waals surface area contributed by atoms with E-state index < -0.39 is 45.6 Å². The van der Waals surface area contributed by atoms with Gasteiger partial charge in [-0.15, -0.1) is 13.2 Å². The number of alkyl halides is 3. The summed E-state index contributed by atoms with van der Waals surface area (Å²) < 4.78 is 82.5. The summed E-state index contributed by atoms with van der Waals surface area (Å²) in [5.74, 6) is -1.19. The fourth-order valence-corrected chi connectivity index (χ4v) is 4.54. The van der Waals surface area contributed by atoms with Crippen LogP contribution in [0.4, 0.5) is 13.2 Å². The lowest BCUT2D eigenvalue weighted by Gasteiger charge is -2.23. The van der Waals surface area contributed by atoms with Crippen LogP contribution in [0.2, 0.25) is 0 Å². The molecule has 0 unspecified atom stereocenters. The Kier molecular flexibility index (Phi) is 7.00. The molecule has 0 spiro atoms. The third kappa shape index (κ3) is 6.56. The standard InChI is InChI=1S/C20H22F3NO7S/c1-19(2)28-11-18(31-19)17(24-25)12-32(26,27)16-9-7-14(8-10-16)29-13-3-5-15(6-4-13)30-20(21,22)23/h3-10,17-18,24-25H,11-12H2,1-2H3/t17-,18-/m0/s1. The van der Waals surface area contributed by atoms with Crippen molar-refractivity contribution < 1.29 is 45.7 Å². The van der Waals surface area contributed by atoms with Crippen molar-refractivity contribution in [2.45, 2.75) is 43.0 Å². The van der Waals surface area contributed by atoms with Gasteiger partial charge in [0.2, 0.25) is 0 Å². The van der Waals surface area contributed by atoms with Gasteiger partial charge in [-0.05, 0) is 62.4 Å². The quantitative estimate of drug-likeness (QED) is 0.556. The third-order valence-corrected chi connectivity index (χ3v) is 6.31. The highest BCUT2D eigenvalue weighted by Crippen LogP contribution is 2.29. The summed E-state index contributed by atoms with van der Waals surface area (Å²) in [6, 6.07) is 9.34. The minimum Gasteiger partial charge on any atom is -0.457 e. The predicted molar refractivity (Wildman–Crippen MR) is 105 cm³/mol. The van der Waals surface area contributed by atoms with Gasteiger partial charge in [-0.2, -0.15) is 5.48 Å². The Morgan fingerprint density at radius 3 is 2.09 bits per heavy atom. The van der Waals surface area contributed by atoms with E-state index in [4.69, 9.17) is 14.2 Å². The summed E-state index contributed by atoms with van der Waals surface area (Å²) >= 11 is 0. The van der Waals surface area contributed by atoms with Gasteiger partial charge in [0.15, 0.2) is 15.6 Å². The minimum absolute atomic E-state index is 0.00259. The molecule has 8 nitrogen and oxygen atoms in total. The Hall–Kier alpha value is -2.38. The summed E-state index contributed by atoms with van der Waals surface area (Å²) in [4.78, 5) is -0.00259. The molecule has 1 fully saturated rings. The highest BCUT2D eigenvalue weighted by Gasteiger charge is 2.39. The predicted octanol–water partition coefficient (Wildman–Crippen LogP) is 3.65. The molecule has 0 aromatic heterocycles. The average Bonchev–Trinajstić information content (AvgIpc) is 3.06. The topological polar surface area (TPSA) is 103 Å². The van der Waals surface area contributed by atoms with Crippen LogP contribution in [0, 0.1) is 0 Å². The van der Waals surface area contributed by atoms with Crippen molar-refractivity contribution >= 4 is 9.84 Å². The first kappa shape index (κ1) is 24.3. The van der Waals surface area contributed by atoms with Gasteiger partial charge in [0.05, 0.1) is 23.3 Å². The van der Waals surface area contributed by atoms with Crippen molar-refractivity contribution in [2.75, 3.05) is 12.4 Å². The van der Waals surface area contributed by atoms with E-state index in [0.29, 0.717) is 0 Å². The molecule has 0 bridgehead atoms. The Morgan fingerprint density at radius 2 is 1.62 bits per heavy atom. The maximum Gasteiger partial charge on any atom is 0.573 e. The van der Waals surface area contributed by atoms with E-state index in [9.17, 15) is 26.8 Å². The molecule has 2 N–H and O–H groups in total. The third-order valence-electron chi connectivity index (χ3n) is 4.52. The van der Waals surface area contributed by atoms with E-state index in [-0.39, 0.29) is 23.0 Å². The Balaban J connectivity index is 1.64. The van der Waals surface area contributed by atoms with E-state index in [2.05, 4.69) is 4.74 Å². The number of sulfone groups is 1. The second kappa shape index (κ2) is 9.24. The molecule has 176 valence electrons. The van der Waals surface area contributed by atoms with Gasteiger partial charge in [0.25, 0.3) is 0 Å². The number of ether oxygens (including phenoxy) is 4. The normalized spacial score (nSPS) is 19.5. The monoisotopic (exact) mass is 477 g/mol. The van der Waals surface area contributed by atoms with Crippen LogP contribution < -0.4 is 15.0 Å². The molecule has 1 aliphatic rings. The van der Waals surface area contributed by atoms with E-state index in [1.54, 1.807) is 13.8 Å². The molecule has 2 aromatic carbocycles. The molecule has 1 saturated heterocycles. The van der Waals surface area contributed by atoms with E-state index in [1.807, 2.05) is 5.48 Å². The maximum atomic E-state index is 12.7. The van der Waals surface area contributed by atoms with E-state index in [0.717, 1.165) is 12.1 Å². The van der Waals surface area contributed by atoms with Gasteiger partial charge in [0.1, 0.15) is 23.4 Å². The van der Waals surface area contributed by atoms with Crippen LogP contribution in [-0.4, -0.2) is 50.3 Å². The zero-order valence-electron chi connectivity index (χ0n) is 17.1. The van der Waals surface area contributed by atoms with Crippen LogP contribution in [0.3, 0.4) is 0 Å². The fraction of sp³-hybridized carbons (Fsp3) is 0.400. The van der Waals surface area contributed by atoms with Crippen molar-refractivity contribution in [3.8, 4) is 17.2 Å². The van der Waals surface area contributed by atoms with Crippen LogP contribution >= 0.6 is 0 Å². The summed E-state index contributed by atoms with van der Waals surface area (Å²) in [5.41, 5.74) is 1.98. The number of hydrogen-bond donors (Lipinski definition) is 2. The molecule has 2 aromatic rings. The highest BCUT2D eigenvalue weighted by atomic mass is 32.2. The molecule has 1 heterocycles.